The fourth-order valence-corrected chi connectivity index (χ4v) is 2.56. The molecule has 0 heterocycles. The van der Waals surface area contributed by atoms with Crippen LogP contribution in [-0.4, -0.2) is 58.0 Å². The van der Waals surface area contributed by atoms with Crippen molar-refractivity contribution in [2.45, 2.75) is 13.3 Å². The number of methoxy groups -OCH3 is 2. The number of ether oxygens (including phenoxy) is 4. The van der Waals surface area contributed by atoms with Crippen LogP contribution in [0.4, 0.5) is 0 Å². The van der Waals surface area contributed by atoms with Gasteiger partial charge in [0.15, 0.2) is 18.1 Å². The molecule has 10 nitrogen and oxygen atoms in total. The van der Waals surface area contributed by atoms with Crippen LogP contribution in [0.25, 0.3) is 0 Å². The molecule has 0 aliphatic carbocycles. The minimum atomic E-state index is -0.508. The fourth-order valence-electron chi connectivity index (χ4n) is 2.56. The molecule has 2 amide bonds. The predicted molar refractivity (Wildman–Crippen MR) is 121 cm³/mol. The molecular weight excluding hydrogens is 430 g/mol. The lowest BCUT2D eigenvalue weighted by atomic mass is 10.2. The molecule has 2 N–H and O–H groups in total. The summed E-state index contributed by atoms with van der Waals surface area (Å²) in [5.74, 6) is 0.316. The highest BCUT2D eigenvalue weighted by atomic mass is 16.6. The van der Waals surface area contributed by atoms with Crippen LogP contribution in [0.3, 0.4) is 0 Å². The van der Waals surface area contributed by atoms with E-state index >= 15 is 0 Å². The number of esters is 1. The average molecular weight is 457 g/mol. The van der Waals surface area contributed by atoms with Crippen molar-refractivity contribution in [3.05, 3.63) is 53.6 Å². The van der Waals surface area contributed by atoms with Gasteiger partial charge in [0, 0.05) is 18.5 Å². The summed E-state index contributed by atoms with van der Waals surface area (Å²) in [7, 11) is 2.82. The van der Waals surface area contributed by atoms with Gasteiger partial charge < -0.3 is 24.3 Å². The van der Waals surface area contributed by atoms with E-state index in [1.54, 1.807) is 49.6 Å². The first kappa shape index (κ1) is 25.2. The minimum absolute atomic E-state index is 0.0593. The van der Waals surface area contributed by atoms with Crippen molar-refractivity contribution in [1.29, 1.82) is 0 Å². The lowest BCUT2D eigenvalue weighted by Gasteiger charge is -2.11. The van der Waals surface area contributed by atoms with Gasteiger partial charge in [0.05, 0.1) is 27.0 Å². The molecule has 0 radical (unpaired) electrons. The standard InChI is InChI=1S/C23H27N3O7/c1-4-32-20-13-16(5-10-19(20)33-15-22(28)31-3)14-25-26-21(27)11-12-24-23(29)17-6-8-18(30-2)9-7-17/h5-10,13-14H,4,11-12,15H2,1-3H3,(H,24,29)(H,26,27). The Morgan fingerprint density at radius 2 is 1.76 bits per heavy atom. The van der Waals surface area contributed by atoms with Crippen molar-refractivity contribution in [2.24, 2.45) is 5.10 Å². The predicted octanol–water partition coefficient (Wildman–Crippen LogP) is 1.92. The Kier molecular flexibility index (Phi) is 10.2. The number of hydrogen-bond acceptors (Lipinski definition) is 8. The Hall–Kier alpha value is -4.08. The van der Waals surface area contributed by atoms with E-state index in [1.165, 1.54) is 13.3 Å². The van der Waals surface area contributed by atoms with Crippen LogP contribution in [-0.2, 0) is 14.3 Å². The summed E-state index contributed by atoms with van der Waals surface area (Å²) in [4.78, 5) is 35.3. The van der Waals surface area contributed by atoms with Crippen LogP contribution in [0.15, 0.2) is 47.6 Å². The Labute approximate surface area is 191 Å². The average Bonchev–Trinajstić information content (AvgIpc) is 2.83. The van der Waals surface area contributed by atoms with Crippen molar-refractivity contribution < 1.29 is 33.3 Å². The van der Waals surface area contributed by atoms with Crippen LogP contribution < -0.4 is 25.0 Å². The maximum absolute atomic E-state index is 12.1. The second-order valence-electron chi connectivity index (χ2n) is 6.53. The first-order chi connectivity index (χ1) is 16.0. The molecule has 0 saturated carbocycles. The number of hydrogen-bond donors (Lipinski definition) is 2. The summed E-state index contributed by atoms with van der Waals surface area (Å²) >= 11 is 0. The smallest absolute Gasteiger partial charge is 0.343 e. The van der Waals surface area contributed by atoms with Crippen LogP contribution >= 0.6 is 0 Å². The molecule has 0 atom stereocenters. The van der Waals surface area contributed by atoms with E-state index in [2.05, 4.69) is 20.6 Å². The molecule has 0 aliphatic heterocycles. The number of nitrogens with zero attached hydrogens (tertiary/aromatic N) is 1. The van der Waals surface area contributed by atoms with Gasteiger partial charge >= 0.3 is 5.97 Å². The van der Waals surface area contributed by atoms with Gasteiger partial charge in [-0.05, 0) is 55.0 Å². The van der Waals surface area contributed by atoms with Crippen molar-refractivity contribution in [2.75, 3.05) is 34.0 Å². The van der Waals surface area contributed by atoms with Crippen molar-refractivity contribution in [3.63, 3.8) is 0 Å². The highest BCUT2D eigenvalue weighted by Crippen LogP contribution is 2.28. The monoisotopic (exact) mass is 457 g/mol. The minimum Gasteiger partial charge on any atom is -0.497 e. The van der Waals surface area contributed by atoms with Gasteiger partial charge in [-0.15, -0.1) is 0 Å². The second kappa shape index (κ2) is 13.4. The summed E-state index contributed by atoms with van der Waals surface area (Å²) in [6, 6.07) is 11.6. The summed E-state index contributed by atoms with van der Waals surface area (Å²) < 4.78 is 20.5. The molecule has 0 aliphatic rings. The van der Waals surface area contributed by atoms with Crippen LogP contribution in [0, 0.1) is 0 Å². The maximum Gasteiger partial charge on any atom is 0.343 e. The Morgan fingerprint density at radius 1 is 1.00 bits per heavy atom. The first-order valence-corrected chi connectivity index (χ1v) is 10.2. The molecule has 0 fully saturated rings. The SMILES string of the molecule is CCOc1cc(C=NNC(=O)CCNC(=O)c2ccc(OC)cc2)ccc1OCC(=O)OC. The Bertz CT molecular complexity index is 975. The molecule has 176 valence electrons. The number of carbonyl (C=O) groups excluding carboxylic acids is 3. The summed E-state index contributed by atoms with van der Waals surface area (Å²) in [5.41, 5.74) is 3.52. The third-order valence-electron chi connectivity index (χ3n) is 4.23. The molecule has 33 heavy (non-hydrogen) atoms. The molecule has 0 spiro atoms. The van der Waals surface area contributed by atoms with E-state index in [1.807, 2.05) is 6.92 Å². The van der Waals surface area contributed by atoms with Crippen LogP contribution in [0.1, 0.15) is 29.3 Å². The maximum atomic E-state index is 12.1. The molecule has 2 aromatic carbocycles. The van der Waals surface area contributed by atoms with Crippen molar-refractivity contribution in [1.82, 2.24) is 10.7 Å². The lowest BCUT2D eigenvalue weighted by molar-refractivity contribution is -0.142. The molecule has 0 unspecified atom stereocenters. The zero-order valence-corrected chi connectivity index (χ0v) is 18.8. The van der Waals surface area contributed by atoms with E-state index in [9.17, 15) is 14.4 Å². The number of rotatable bonds is 12. The van der Waals surface area contributed by atoms with Gasteiger partial charge in [0.1, 0.15) is 5.75 Å². The van der Waals surface area contributed by atoms with E-state index < -0.39 is 5.97 Å². The molecule has 10 heteroatoms. The van der Waals surface area contributed by atoms with Gasteiger partial charge in [-0.25, -0.2) is 10.2 Å². The van der Waals surface area contributed by atoms with Gasteiger partial charge in [-0.3, -0.25) is 9.59 Å². The van der Waals surface area contributed by atoms with Crippen molar-refractivity contribution >= 4 is 24.0 Å². The normalized spacial score (nSPS) is 10.4. The van der Waals surface area contributed by atoms with E-state index in [-0.39, 0.29) is 31.4 Å². The van der Waals surface area contributed by atoms with E-state index in [0.717, 1.165) is 0 Å². The fraction of sp³-hybridized carbons (Fsp3) is 0.304. The molecule has 2 rings (SSSR count). The Balaban J connectivity index is 1.81. The zero-order chi connectivity index (χ0) is 24.1. The number of benzene rings is 2. The van der Waals surface area contributed by atoms with Gasteiger partial charge in [0.25, 0.3) is 5.91 Å². The van der Waals surface area contributed by atoms with Gasteiger partial charge in [0.2, 0.25) is 5.91 Å². The number of carbonyl (C=O) groups is 3. The van der Waals surface area contributed by atoms with Crippen LogP contribution in [0.2, 0.25) is 0 Å². The first-order valence-electron chi connectivity index (χ1n) is 10.2. The quantitative estimate of drug-likeness (QED) is 0.283. The molecule has 0 saturated heterocycles. The highest BCUT2D eigenvalue weighted by Gasteiger charge is 2.09. The molecular formula is C23H27N3O7. The summed E-state index contributed by atoms with van der Waals surface area (Å²) in [6.07, 6.45) is 1.50. The lowest BCUT2D eigenvalue weighted by Crippen LogP contribution is -2.29. The van der Waals surface area contributed by atoms with E-state index in [4.69, 9.17) is 14.2 Å². The van der Waals surface area contributed by atoms with E-state index in [0.29, 0.717) is 35.0 Å². The molecule has 0 aromatic heterocycles. The van der Waals surface area contributed by atoms with Gasteiger partial charge in [-0.2, -0.15) is 5.10 Å². The molecule has 2 aromatic rings. The summed E-state index contributed by atoms with van der Waals surface area (Å²) in [5, 5.41) is 6.58. The highest BCUT2D eigenvalue weighted by molar-refractivity contribution is 5.94. The number of hydrazone groups is 1. The topological polar surface area (TPSA) is 125 Å². The second-order valence-corrected chi connectivity index (χ2v) is 6.53. The molecule has 0 bridgehead atoms. The zero-order valence-electron chi connectivity index (χ0n) is 18.8. The number of nitrogens with one attached hydrogen (secondary N) is 2. The number of amides is 2. The van der Waals surface area contributed by atoms with Crippen LogP contribution in [0.5, 0.6) is 17.2 Å². The summed E-state index contributed by atoms with van der Waals surface area (Å²) in [6.45, 7) is 2.13. The van der Waals surface area contributed by atoms with Crippen molar-refractivity contribution in [3.8, 4) is 17.2 Å². The third-order valence-corrected chi connectivity index (χ3v) is 4.23. The third kappa shape index (κ3) is 8.52. The largest absolute Gasteiger partial charge is 0.497 e. The van der Waals surface area contributed by atoms with Gasteiger partial charge in [-0.1, -0.05) is 0 Å². The Morgan fingerprint density at radius 3 is 2.42 bits per heavy atom.